The summed E-state index contributed by atoms with van der Waals surface area (Å²) in [6, 6.07) is 13.3. The zero-order valence-electron chi connectivity index (χ0n) is 34.0. The first-order valence-corrected chi connectivity index (χ1v) is 21.0. The minimum absolute atomic E-state index is 0.00540. The van der Waals surface area contributed by atoms with Gasteiger partial charge in [-0.1, -0.05) is 12.2 Å². The Kier molecular flexibility index (Phi) is 10.5. The number of fused-ring (bicyclic) bond motifs is 8. The van der Waals surface area contributed by atoms with E-state index in [1.807, 2.05) is 36.4 Å². The molecule has 314 valence electrons. The number of methoxy groups -OCH3 is 2. The number of quaternary nitrogens is 2. The maximum atomic E-state index is 16.8. The molecule has 60 heavy (non-hydrogen) atoms. The summed E-state index contributed by atoms with van der Waals surface area (Å²) in [4.78, 5) is 8.94. The standard InChI is InChI=1S/C48H52F4N4O4/c1-5-27-23-55(17-13-29(27)19-41(55)47(57)33-11-15-53-39-9-7-31(59-3)21-35(33)39)25-37-43(49)45(51)38(46(52)44(37)50)26-56-18-14-30(28(6-2)24-56)20-42(56)48(58)34-12-16-54-40-10-8-32(60-4)22-36(34)40/h5-12,15-16,21-22,27-30,41-42,47-48,57-58H,1-2,13-14,17-20,23-26H2,3-4H3/q+2/t27-,28+,29?,30?,41-,42-,47+,48+,55?,56?/m0/s1. The summed E-state index contributed by atoms with van der Waals surface area (Å²) in [5.74, 6) is -4.12. The number of piperidine rings is 6. The summed E-state index contributed by atoms with van der Waals surface area (Å²) >= 11 is 0. The number of rotatable bonds is 12. The topological polar surface area (TPSA) is 84.7 Å². The monoisotopic (exact) mass is 824 g/mol. The molecule has 0 amide bonds. The maximum Gasteiger partial charge on any atom is 0.171 e. The van der Waals surface area contributed by atoms with Crippen LogP contribution in [0.5, 0.6) is 11.5 Å². The van der Waals surface area contributed by atoms with Gasteiger partial charge in [0.1, 0.15) is 48.9 Å². The van der Waals surface area contributed by atoms with Gasteiger partial charge in [0.05, 0.1) is 62.6 Å². The Morgan fingerprint density at radius 1 is 0.667 bits per heavy atom. The highest BCUT2D eigenvalue weighted by Gasteiger charge is 2.57. The second kappa shape index (κ2) is 15.5. The third kappa shape index (κ3) is 6.49. The second-order valence-electron chi connectivity index (χ2n) is 17.7. The van der Waals surface area contributed by atoms with Crippen molar-refractivity contribution in [3.63, 3.8) is 0 Å². The summed E-state index contributed by atoms with van der Waals surface area (Å²) in [5.41, 5.74) is 1.19. The molecule has 4 unspecified atom stereocenters. The number of pyridine rings is 2. The number of ether oxygens (including phenoxy) is 2. The van der Waals surface area contributed by atoms with Crippen LogP contribution < -0.4 is 9.47 Å². The number of aliphatic hydroxyl groups excluding tert-OH is 2. The molecular formula is C48H52F4N4O4+2. The molecular weight excluding hydrogens is 773 g/mol. The van der Waals surface area contributed by atoms with Crippen molar-refractivity contribution in [1.82, 2.24) is 9.97 Å². The van der Waals surface area contributed by atoms with Crippen LogP contribution in [0.3, 0.4) is 0 Å². The van der Waals surface area contributed by atoms with E-state index in [4.69, 9.17) is 9.47 Å². The summed E-state index contributed by atoms with van der Waals surface area (Å²) in [7, 11) is 3.11. The summed E-state index contributed by atoms with van der Waals surface area (Å²) in [6.07, 6.45) is 7.30. The highest BCUT2D eigenvalue weighted by atomic mass is 19.2. The zero-order chi connectivity index (χ0) is 42.1. The molecule has 0 aliphatic carbocycles. The van der Waals surface area contributed by atoms with Gasteiger partial charge in [0.25, 0.3) is 0 Å². The van der Waals surface area contributed by atoms with E-state index >= 15 is 17.6 Å². The van der Waals surface area contributed by atoms with E-state index in [9.17, 15) is 10.2 Å². The first kappa shape index (κ1) is 40.5. The number of benzene rings is 3. The fourth-order valence-electron chi connectivity index (χ4n) is 11.9. The van der Waals surface area contributed by atoms with Crippen LogP contribution in [-0.2, 0) is 13.1 Å². The Hall–Kier alpha value is -4.88. The van der Waals surface area contributed by atoms with Crippen molar-refractivity contribution >= 4 is 21.8 Å². The molecule has 6 aliphatic heterocycles. The van der Waals surface area contributed by atoms with Crippen molar-refractivity contribution in [2.45, 2.75) is 63.1 Å². The molecule has 4 bridgehead atoms. The van der Waals surface area contributed by atoms with Crippen LogP contribution in [0.4, 0.5) is 17.6 Å². The number of aromatic nitrogens is 2. The molecule has 0 radical (unpaired) electrons. The average molecular weight is 825 g/mol. The quantitative estimate of drug-likeness (QED) is 0.0568. The predicted octanol–water partition coefficient (Wildman–Crippen LogP) is 8.65. The highest BCUT2D eigenvalue weighted by Crippen LogP contribution is 2.51. The van der Waals surface area contributed by atoms with Crippen LogP contribution in [0.25, 0.3) is 21.8 Å². The number of nitrogens with zero attached hydrogens (tertiary/aromatic N) is 4. The predicted molar refractivity (Wildman–Crippen MR) is 221 cm³/mol. The molecule has 2 N–H and O–H groups in total. The molecule has 6 aliphatic rings. The lowest BCUT2D eigenvalue weighted by Gasteiger charge is -2.58. The first-order chi connectivity index (χ1) is 28.9. The average Bonchev–Trinajstić information content (AvgIpc) is 3.29. The van der Waals surface area contributed by atoms with Crippen molar-refractivity contribution < 1.29 is 46.2 Å². The first-order valence-electron chi connectivity index (χ1n) is 21.0. The number of aliphatic hydroxyl groups is 2. The van der Waals surface area contributed by atoms with E-state index in [1.54, 1.807) is 50.9 Å². The second-order valence-corrected chi connectivity index (χ2v) is 17.7. The Morgan fingerprint density at radius 3 is 1.43 bits per heavy atom. The van der Waals surface area contributed by atoms with Crippen LogP contribution in [-0.4, -0.2) is 81.6 Å². The third-order valence-electron chi connectivity index (χ3n) is 15.1. The Bertz CT molecular complexity index is 2300. The molecule has 10 atom stereocenters. The molecule has 0 spiro atoms. The summed E-state index contributed by atoms with van der Waals surface area (Å²) < 4.78 is 78.3. The lowest BCUT2D eigenvalue weighted by atomic mass is 9.71. The van der Waals surface area contributed by atoms with Gasteiger partial charge in [-0.3, -0.25) is 9.97 Å². The smallest absolute Gasteiger partial charge is 0.171 e. The van der Waals surface area contributed by atoms with E-state index in [1.165, 1.54) is 0 Å². The number of halogens is 4. The molecule has 12 heteroatoms. The van der Waals surface area contributed by atoms with Crippen LogP contribution in [0.2, 0.25) is 0 Å². The van der Waals surface area contributed by atoms with Gasteiger partial charge in [0, 0.05) is 60.7 Å². The molecule has 8 heterocycles. The minimum atomic E-state index is -1.42. The SMILES string of the molecule is C=C[C@@H]1C[N+]2(Cc3c(F)c(F)c(C[N+]45CCC(C[C@H]4[C@H](O)c4ccnc6ccc(OC)cc46)[C@@H](C=C)C5)c(F)c3F)CCC1C[C@H]2[C@H](O)c1ccnc2ccc(OC)cc12. The Labute approximate surface area is 347 Å². The van der Waals surface area contributed by atoms with Gasteiger partial charge in [-0.05, 0) is 71.5 Å². The van der Waals surface area contributed by atoms with Gasteiger partial charge in [-0.25, -0.2) is 17.6 Å². The van der Waals surface area contributed by atoms with E-state index in [-0.39, 0.29) is 45.7 Å². The van der Waals surface area contributed by atoms with Crippen LogP contribution in [0, 0.1) is 46.9 Å². The van der Waals surface area contributed by atoms with E-state index < -0.39 is 58.7 Å². The molecule has 0 saturated carbocycles. The summed E-state index contributed by atoms with van der Waals surface area (Å²) in [5, 5.41) is 25.9. The minimum Gasteiger partial charge on any atom is -0.497 e. The molecule has 2 aromatic heterocycles. The third-order valence-corrected chi connectivity index (χ3v) is 15.1. The Balaban J connectivity index is 1.09. The number of hydrogen-bond acceptors (Lipinski definition) is 6. The normalized spacial score (nSPS) is 29.4. The van der Waals surface area contributed by atoms with E-state index in [0.717, 1.165) is 0 Å². The van der Waals surface area contributed by atoms with Gasteiger partial charge in [-0.2, -0.15) is 0 Å². The molecule has 6 saturated heterocycles. The lowest BCUT2D eigenvalue weighted by molar-refractivity contribution is -0.985. The van der Waals surface area contributed by atoms with Crippen LogP contribution in [0.15, 0.2) is 86.2 Å². The molecule has 6 fully saturated rings. The van der Waals surface area contributed by atoms with Gasteiger partial charge in [0.15, 0.2) is 23.3 Å². The van der Waals surface area contributed by atoms with Crippen LogP contribution in [0.1, 0.15) is 60.1 Å². The van der Waals surface area contributed by atoms with E-state index in [0.29, 0.717) is 96.3 Å². The van der Waals surface area contributed by atoms with Crippen molar-refractivity contribution in [3.8, 4) is 11.5 Å². The zero-order valence-corrected chi connectivity index (χ0v) is 34.0. The van der Waals surface area contributed by atoms with Gasteiger partial charge < -0.3 is 28.7 Å². The molecule has 8 nitrogen and oxygen atoms in total. The fourth-order valence-corrected chi connectivity index (χ4v) is 11.9. The van der Waals surface area contributed by atoms with Crippen molar-refractivity contribution in [3.05, 3.63) is 132 Å². The van der Waals surface area contributed by atoms with E-state index in [2.05, 4.69) is 23.1 Å². The molecule has 3 aromatic carbocycles. The van der Waals surface area contributed by atoms with Crippen molar-refractivity contribution in [1.29, 1.82) is 0 Å². The summed E-state index contributed by atoms with van der Waals surface area (Å²) in [6.45, 7) is 9.15. The van der Waals surface area contributed by atoms with Crippen molar-refractivity contribution in [2.75, 3.05) is 40.4 Å². The molecule has 5 aromatic rings. The maximum absolute atomic E-state index is 16.8. The van der Waals surface area contributed by atoms with Gasteiger partial charge >= 0.3 is 0 Å². The lowest BCUT2D eigenvalue weighted by Crippen LogP contribution is -2.68. The van der Waals surface area contributed by atoms with Gasteiger partial charge in [-0.15, -0.1) is 13.2 Å². The fraction of sp³-hybridized carbons (Fsp3) is 0.417. The van der Waals surface area contributed by atoms with Crippen LogP contribution >= 0.6 is 0 Å². The number of hydrogen-bond donors (Lipinski definition) is 2. The highest BCUT2D eigenvalue weighted by molar-refractivity contribution is 5.84. The molecule has 11 rings (SSSR count). The Morgan fingerprint density at radius 2 is 1.07 bits per heavy atom. The van der Waals surface area contributed by atoms with Gasteiger partial charge in [0.2, 0.25) is 0 Å². The largest absolute Gasteiger partial charge is 0.497 e. The van der Waals surface area contributed by atoms with Crippen molar-refractivity contribution in [2.24, 2.45) is 23.7 Å².